The number of hydrogen-bond donors (Lipinski definition) is 1. The van der Waals surface area contributed by atoms with Crippen LogP contribution in [0.3, 0.4) is 0 Å². The topological polar surface area (TPSA) is 86.8 Å². The second-order valence-corrected chi connectivity index (χ2v) is 11.4. The van der Waals surface area contributed by atoms with Gasteiger partial charge in [0.2, 0.25) is 21.8 Å². The van der Waals surface area contributed by atoms with Crippen LogP contribution < -0.4 is 10.2 Å². The van der Waals surface area contributed by atoms with Crippen LogP contribution in [0.1, 0.15) is 39.2 Å². The van der Waals surface area contributed by atoms with Crippen LogP contribution in [-0.4, -0.2) is 44.2 Å². The summed E-state index contributed by atoms with van der Waals surface area (Å²) < 4.78 is 54.9. The Kier molecular flexibility index (Phi) is 6.24. The molecule has 7 nitrogen and oxygen atoms in total. The van der Waals surface area contributed by atoms with Gasteiger partial charge >= 0.3 is 0 Å². The Labute approximate surface area is 197 Å². The quantitative estimate of drug-likeness (QED) is 0.692. The van der Waals surface area contributed by atoms with Crippen LogP contribution in [-0.2, 0) is 25.0 Å². The van der Waals surface area contributed by atoms with Crippen LogP contribution in [0.5, 0.6) is 0 Å². The molecule has 2 aromatic carbocycles. The molecule has 34 heavy (non-hydrogen) atoms. The molecule has 1 fully saturated rings. The number of sulfonamides is 1. The van der Waals surface area contributed by atoms with Gasteiger partial charge in [0.25, 0.3) is 0 Å². The van der Waals surface area contributed by atoms with Crippen molar-refractivity contribution in [2.45, 2.75) is 43.9 Å². The van der Waals surface area contributed by atoms with Gasteiger partial charge in [0.15, 0.2) is 0 Å². The molecule has 2 aromatic rings. The molecule has 0 aliphatic carbocycles. The lowest BCUT2D eigenvalue weighted by Gasteiger charge is -2.29. The van der Waals surface area contributed by atoms with Gasteiger partial charge in [-0.2, -0.15) is 4.31 Å². The van der Waals surface area contributed by atoms with Crippen molar-refractivity contribution in [1.82, 2.24) is 4.31 Å². The second-order valence-electron chi connectivity index (χ2n) is 9.45. The molecule has 4 rings (SSSR count). The average molecular weight is 492 g/mol. The number of benzene rings is 2. The lowest BCUT2D eigenvalue weighted by atomic mass is 9.86. The first kappa shape index (κ1) is 24.3. The van der Waals surface area contributed by atoms with Gasteiger partial charge in [-0.15, -0.1) is 0 Å². The zero-order valence-corrected chi connectivity index (χ0v) is 20.1. The molecule has 10 heteroatoms. The summed E-state index contributed by atoms with van der Waals surface area (Å²) in [5, 5.41) is 2.35. The predicted molar refractivity (Wildman–Crippen MR) is 124 cm³/mol. The maximum Gasteiger partial charge on any atom is 0.244 e. The van der Waals surface area contributed by atoms with E-state index in [0.29, 0.717) is 36.3 Å². The number of rotatable bonds is 5. The van der Waals surface area contributed by atoms with Crippen molar-refractivity contribution in [1.29, 1.82) is 0 Å². The van der Waals surface area contributed by atoms with Crippen LogP contribution in [0.15, 0.2) is 41.3 Å². The first-order valence-electron chi connectivity index (χ1n) is 11.1. The van der Waals surface area contributed by atoms with Gasteiger partial charge in [-0.1, -0.05) is 6.92 Å². The molecular formula is C24H27F2N3O4S. The summed E-state index contributed by atoms with van der Waals surface area (Å²) >= 11 is 0. The van der Waals surface area contributed by atoms with Crippen LogP contribution >= 0.6 is 0 Å². The second kappa shape index (κ2) is 8.74. The molecule has 182 valence electrons. The zero-order chi connectivity index (χ0) is 24.8. The Bertz CT molecular complexity index is 1250. The fourth-order valence-corrected chi connectivity index (χ4v) is 5.93. The molecular weight excluding hydrogens is 464 g/mol. The number of fused-ring (bicyclic) bond motifs is 1. The van der Waals surface area contributed by atoms with Crippen molar-refractivity contribution in [3.05, 3.63) is 53.6 Å². The van der Waals surface area contributed by atoms with Crippen LogP contribution in [0.25, 0.3) is 0 Å². The summed E-state index contributed by atoms with van der Waals surface area (Å²) in [5.41, 5.74) is -0.325. The predicted octanol–water partition coefficient (Wildman–Crippen LogP) is 3.65. The highest BCUT2D eigenvalue weighted by Crippen LogP contribution is 2.43. The van der Waals surface area contributed by atoms with Crippen molar-refractivity contribution in [2.75, 3.05) is 29.9 Å². The summed E-state index contributed by atoms with van der Waals surface area (Å²) in [6.45, 7) is 5.95. The standard InChI is InChI=1S/C24H27F2N3O4S/c1-15-8-10-28(11-9-15)34(32,33)17-5-7-21-18(13-17)24(2,3)23(31)29(21)14-22(30)27-20-6-4-16(25)12-19(20)26/h4-7,12-13,15H,8-11,14H2,1-3H3,(H,27,30). The number of hydrogen-bond acceptors (Lipinski definition) is 4. The molecule has 0 radical (unpaired) electrons. The van der Waals surface area contributed by atoms with E-state index in [1.807, 2.05) is 0 Å². The minimum Gasteiger partial charge on any atom is -0.322 e. The number of anilines is 2. The van der Waals surface area contributed by atoms with E-state index < -0.39 is 39.5 Å². The highest BCUT2D eigenvalue weighted by atomic mass is 32.2. The highest BCUT2D eigenvalue weighted by Gasteiger charge is 2.45. The van der Waals surface area contributed by atoms with Crippen molar-refractivity contribution >= 4 is 33.2 Å². The largest absolute Gasteiger partial charge is 0.322 e. The van der Waals surface area contributed by atoms with Crippen molar-refractivity contribution < 1.29 is 26.8 Å². The van der Waals surface area contributed by atoms with Gasteiger partial charge in [-0.25, -0.2) is 17.2 Å². The third-order valence-electron chi connectivity index (χ3n) is 6.60. The summed E-state index contributed by atoms with van der Waals surface area (Å²) in [6, 6.07) is 7.27. The molecule has 2 aliphatic rings. The van der Waals surface area contributed by atoms with E-state index in [2.05, 4.69) is 12.2 Å². The van der Waals surface area contributed by atoms with Gasteiger partial charge in [0.1, 0.15) is 18.2 Å². The van der Waals surface area contributed by atoms with E-state index in [9.17, 15) is 26.8 Å². The summed E-state index contributed by atoms with van der Waals surface area (Å²) in [6.07, 6.45) is 1.59. The average Bonchev–Trinajstić information content (AvgIpc) is 2.96. The monoisotopic (exact) mass is 491 g/mol. The first-order chi connectivity index (χ1) is 15.9. The van der Waals surface area contributed by atoms with Gasteiger partial charge in [0.05, 0.1) is 16.0 Å². The van der Waals surface area contributed by atoms with Gasteiger partial charge in [-0.05, 0) is 68.5 Å². The van der Waals surface area contributed by atoms with E-state index in [1.54, 1.807) is 13.8 Å². The Morgan fingerprint density at radius 3 is 2.44 bits per heavy atom. The summed E-state index contributed by atoms with van der Waals surface area (Å²) in [5.74, 6) is -2.26. The fourth-order valence-electron chi connectivity index (χ4n) is 4.43. The van der Waals surface area contributed by atoms with E-state index >= 15 is 0 Å². The van der Waals surface area contributed by atoms with Crippen molar-refractivity contribution in [3.8, 4) is 0 Å². The van der Waals surface area contributed by atoms with E-state index in [-0.39, 0.29) is 16.5 Å². The lowest BCUT2D eigenvalue weighted by Crippen LogP contribution is -2.40. The van der Waals surface area contributed by atoms with Crippen LogP contribution in [0.2, 0.25) is 0 Å². The number of piperidine rings is 1. The minimum atomic E-state index is -3.71. The molecule has 1 saturated heterocycles. The van der Waals surface area contributed by atoms with Gasteiger partial charge in [0, 0.05) is 24.8 Å². The molecule has 2 aliphatic heterocycles. The Hall–Kier alpha value is -2.85. The van der Waals surface area contributed by atoms with Gasteiger partial charge < -0.3 is 10.2 Å². The molecule has 1 N–H and O–H groups in total. The lowest BCUT2D eigenvalue weighted by molar-refractivity contribution is -0.124. The van der Waals surface area contributed by atoms with E-state index in [1.165, 1.54) is 27.4 Å². The molecule has 0 unspecified atom stereocenters. The maximum absolute atomic E-state index is 13.9. The summed E-state index contributed by atoms with van der Waals surface area (Å²) in [4.78, 5) is 27.1. The number of halogens is 2. The smallest absolute Gasteiger partial charge is 0.244 e. The minimum absolute atomic E-state index is 0.112. The fraction of sp³-hybridized carbons (Fsp3) is 0.417. The van der Waals surface area contributed by atoms with Crippen LogP contribution in [0.4, 0.5) is 20.2 Å². The Morgan fingerprint density at radius 1 is 1.12 bits per heavy atom. The third-order valence-corrected chi connectivity index (χ3v) is 8.49. The molecule has 0 spiro atoms. The van der Waals surface area contributed by atoms with Crippen molar-refractivity contribution in [3.63, 3.8) is 0 Å². The molecule has 0 bridgehead atoms. The Morgan fingerprint density at radius 2 is 1.79 bits per heavy atom. The molecule has 0 atom stereocenters. The van der Waals surface area contributed by atoms with Crippen LogP contribution in [0, 0.1) is 17.6 Å². The van der Waals surface area contributed by atoms with Crippen molar-refractivity contribution in [2.24, 2.45) is 5.92 Å². The molecule has 0 aromatic heterocycles. The number of carbonyl (C=O) groups excluding carboxylic acids is 2. The molecule has 2 heterocycles. The molecule has 0 saturated carbocycles. The van der Waals surface area contributed by atoms with Gasteiger partial charge in [-0.3, -0.25) is 9.59 Å². The zero-order valence-electron chi connectivity index (χ0n) is 19.3. The molecule has 2 amide bonds. The maximum atomic E-state index is 13.9. The number of nitrogens with zero attached hydrogens (tertiary/aromatic N) is 2. The Balaban J connectivity index is 1.59. The van der Waals surface area contributed by atoms with E-state index in [0.717, 1.165) is 25.0 Å². The summed E-state index contributed by atoms with van der Waals surface area (Å²) in [7, 11) is -3.71. The van der Waals surface area contributed by atoms with E-state index in [4.69, 9.17) is 0 Å². The number of nitrogens with one attached hydrogen (secondary N) is 1. The number of carbonyl (C=O) groups is 2. The number of amides is 2. The first-order valence-corrected chi connectivity index (χ1v) is 12.6. The SMILES string of the molecule is CC1CCN(S(=O)(=O)c2ccc3c(c2)C(C)(C)C(=O)N3CC(=O)Nc2ccc(F)cc2F)CC1. The highest BCUT2D eigenvalue weighted by molar-refractivity contribution is 7.89. The normalized spacial score (nSPS) is 18.7. The third kappa shape index (κ3) is 4.32.